The maximum atomic E-state index is 12.1. The van der Waals surface area contributed by atoms with Gasteiger partial charge in [-0.15, -0.1) is 0 Å². The van der Waals surface area contributed by atoms with E-state index in [1.54, 1.807) is 37.5 Å². The third-order valence-electron chi connectivity index (χ3n) is 3.12. The molecule has 0 aliphatic carbocycles. The zero-order chi connectivity index (χ0) is 16.1. The average molecular weight is 300 g/mol. The van der Waals surface area contributed by atoms with Crippen LogP contribution in [0.3, 0.4) is 0 Å². The molecule has 22 heavy (non-hydrogen) atoms. The number of carbonyl (C=O) groups is 1. The van der Waals surface area contributed by atoms with Crippen molar-refractivity contribution < 1.29 is 24.5 Å². The van der Waals surface area contributed by atoms with Gasteiger partial charge in [0, 0.05) is 0 Å². The van der Waals surface area contributed by atoms with Crippen LogP contribution in [0.5, 0.6) is 23.0 Å². The first kappa shape index (κ1) is 15.4. The lowest BCUT2D eigenvalue weighted by atomic mass is 10.1. The molecule has 0 aromatic heterocycles. The third kappa shape index (κ3) is 3.20. The Balaban J connectivity index is 2.23. The van der Waals surface area contributed by atoms with Crippen molar-refractivity contribution in [2.45, 2.75) is 0 Å². The molecule has 0 heterocycles. The van der Waals surface area contributed by atoms with E-state index in [9.17, 15) is 15.0 Å². The van der Waals surface area contributed by atoms with Crippen LogP contribution in [0.25, 0.3) is 6.08 Å². The first-order valence-corrected chi connectivity index (χ1v) is 6.52. The summed E-state index contributed by atoms with van der Waals surface area (Å²) in [5, 5.41) is 19.5. The zero-order valence-corrected chi connectivity index (χ0v) is 12.2. The molecule has 0 bridgehead atoms. The predicted molar refractivity (Wildman–Crippen MR) is 82.7 cm³/mol. The Morgan fingerprint density at radius 1 is 1.00 bits per heavy atom. The van der Waals surface area contributed by atoms with Gasteiger partial charge in [0.1, 0.15) is 5.75 Å². The zero-order valence-electron chi connectivity index (χ0n) is 12.2. The highest BCUT2D eigenvalue weighted by Gasteiger charge is 2.16. The van der Waals surface area contributed by atoms with E-state index in [1.165, 1.54) is 25.3 Å². The Kier molecular flexibility index (Phi) is 4.68. The van der Waals surface area contributed by atoms with Crippen LogP contribution >= 0.6 is 0 Å². The summed E-state index contributed by atoms with van der Waals surface area (Å²) in [5.74, 6) is -0.401. The van der Waals surface area contributed by atoms with Crippen LogP contribution in [0, 0.1) is 0 Å². The minimum atomic E-state index is -0.397. The lowest BCUT2D eigenvalue weighted by Gasteiger charge is -2.08. The molecule has 0 aliphatic rings. The van der Waals surface area contributed by atoms with Crippen LogP contribution in [0.1, 0.15) is 15.9 Å². The number of hydrogen-bond acceptors (Lipinski definition) is 5. The van der Waals surface area contributed by atoms with Gasteiger partial charge < -0.3 is 19.7 Å². The summed E-state index contributed by atoms with van der Waals surface area (Å²) < 4.78 is 9.92. The van der Waals surface area contributed by atoms with Gasteiger partial charge >= 0.3 is 0 Å². The fourth-order valence-corrected chi connectivity index (χ4v) is 1.94. The number of benzene rings is 2. The summed E-state index contributed by atoms with van der Waals surface area (Å²) >= 11 is 0. The van der Waals surface area contributed by atoms with Crippen molar-refractivity contribution in [1.82, 2.24) is 0 Å². The van der Waals surface area contributed by atoms with Crippen molar-refractivity contribution in [1.29, 1.82) is 0 Å². The van der Waals surface area contributed by atoms with Crippen molar-refractivity contribution in [2.75, 3.05) is 14.2 Å². The summed E-state index contributed by atoms with van der Waals surface area (Å²) in [6.45, 7) is 0. The molecule has 114 valence electrons. The largest absolute Gasteiger partial charge is 0.504 e. The van der Waals surface area contributed by atoms with Crippen LogP contribution in [0.15, 0.2) is 42.5 Å². The monoisotopic (exact) mass is 300 g/mol. The number of rotatable bonds is 5. The smallest absolute Gasteiger partial charge is 0.203 e. The highest BCUT2D eigenvalue weighted by molar-refractivity contribution is 6.09. The number of ketones is 1. The molecule has 0 saturated heterocycles. The van der Waals surface area contributed by atoms with Gasteiger partial charge in [-0.1, -0.05) is 18.2 Å². The topological polar surface area (TPSA) is 76.0 Å². The van der Waals surface area contributed by atoms with Gasteiger partial charge in [-0.05, 0) is 35.9 Å². The number of phenolic OH excluding ortho intramolecular Hbond substituents is 2. The molecule has 0 spiro atoms. The first-order chi connectivity index (χ1) is 10.6. The van der Waals surface area contributed by atoms with Gasteiger partial charge in [0.05, 0.1) is 19.8 Å². The molecule has 0 amide bonds. The molecule has 0 unspecified atom stereocenters. The summed E-state index contributed by atoms with van der Waals surface area (Å²) in [7, 11) is 2.88. The second kappa shape index (κ2) is 6.67. The number of carbonyl (C=O) groups excluding carboxylic acids is 1. The molecule has 2 rings (SSSR count). The van der Waals surface area contributed by atoms with Gasteiger partial charge in [-0.2, -0.15) is 0 Å². The second-order valence-electron chi connectivity index (χ2n) is 4.48. The number of aromatic hydroxyl groups is 2. The average Bonchev–Trinajstić information content (AvgIpc) is 2.53. The predicted octanol–water partition coefficient (Wildman–Crippen LogP) is 3.01. The molecular weight excluding hydrogens is 284 g/mol. The highest BCUT2D eigenvalue weighted by Crippen LogP contribution is 2.38. The summed E-state index contributed by atoms with van der Waals surface area (Å²) in [5.41, 5.74) is 0.874. The second-order valence-corrected chi connectivity index (χ2v) is 4.48. The van der Waals surface area contributed by atoms with E-state index in [4.69, 9.17) is 9.47 Å². The molecule has 5 nitrogen and oxygen atoms in total. The van der Waals surface area contributed by atoms with Crippen molar-refractivity contribution in [3.05, 3.63) is 53.6 Å². The summed E-state index contributed by atoms with van der Waals surface area (Å²) in [6, 6.07) is 9.82. The van der Waals surface area contributed by atoms with E-state index in [0.717, 1.165) is 11.3 Å². The van der Waals surface area contributed by atoms with Crippen LogP contribution in [0.2, 0.25) is 0 Å². The number of allylic oxidation sites excluding steroid dienone is 1. The molecule has 0 atom stereocenters. The Labute approximate surface area is 128 Å². The minimum Gasteiger partial charge on any atom is -0.504 e. The van der Waals surface area contributed by atoms with E-state index in [0.29, 0.717) is 0 Å². The molecule has 0 fully saturated rings. The van der Waals surface area contributed by atoms with E-state index < -0.39 is 5.78 Å². The van der Waals surface area contributed by atoms with E-state index >= 15 is 0 Å². The number of hydrogen-bond donors (Lipinski definition) is 2. The number of phenols is 2. The Hall–Kier alpha value is -2.95. The fourth-order valence-electron chi connectivity index (χ4n) is 1.94. The van der Waals surface area contributed by atoms with Gasteiger partial charge in [-0.25, -0.2) is 0 Å². The first-order valence-electron chi connectivity index (χ1n) is 6.52. The molecule has 2 N–H and O–H groups in total. The Morgan fingerprint density at radius 3 is 2.27 bits per heavy atom. The Morgan fingerprint density at radius 2 is 1.68 bits per heavy atom. The van der Waals surface area contributed by atoms with Crippen LogP contribution in [-0.2, 0) is 0 Å². The minimum absolute atomic E-state index is 0.0550. The van der Waals surface area contributed by atoms with Gasteiger partial charge in [-0.3, -0.25) is 4.79 Å². The molecule has 2 aromatic carbocycles. The van der Waals surface area contributed by atoms with Crippen molar-refractivity contribution in [2.24, 2.45) is 0 Å². The van der Waals surface area contributed by atoms with Gasteiger partial charge in [0.2, 0.25) is 5.75 Å². The van der Waals surface area contributed by atoms with Gasteiger partial charge in [0.15, 0.2) is 17.3 Å². The molecule has 0 radical (unpaired) electrons. The SMILES string of the molecule is COc1ccc(/C=C/C(=O)c2ccc(O)c(OC)c2O)cc1. The van der Waals surface area contributed by atoms with Crippen molar-refractivity contribution in [3.8, 4) is 23.0 Å². The standard InChI is InChI=1S/C17H16O5/c1-21-12-6-3-11(4-7-12)5-9-14(18)13-8-10-15(19)17(22-2)16(13)20/h3-10,19-20H,1-2H3/b9-5+. The van der Waals surface area contributed by atoms with Crippen molar-refractivity contribution in [3.63, 3.8) is 0 Å². The van der Waals surface area contributed by atoms with Crippen LogP contribution in [-0.4, -0.2) is 30.2 Å². The molecule has 2 aromatic rings. The number of ether oxygens (including phenoxy) is 2. The van der Waals surface area contributed by atoms with Gasteiger partial charge in [0.25, 0.3) is 0 Å². The molecular formula is C17H16O5. The van der Waals surface area contributed by atoms with Crippen LogP contribution in [0.4, 0.5) is 0 Å². The lowest BCUT2D eigenvalue weighted by Crippen LogP contribution is -1.97. The summed E-state index contributed by atoms with van der Waals surface area (Å²) in [4.78, 5) is 12.1. The molecule has 0 aliphatic heterocycles. The highest BCUT2D eigenvalue weighted by atomic mass is 16.5. The van der Waals surface area contributed by atoms with E-state index in [2.05, 4.69) is 0 Å². The third-order valence-corrected chi connectivity index (χ3v) is 3.12. The lowest BCUT2D eigenvalue weighted by molar-refractivity contribution is 0.104. The van der Waals surface area contributed by atoms with E-state index in [1.807, 2.05) is 0 Å². The van der Waals surface area contributed by atoms with E-state index in [-0.39, 0.29) is 22.8 Å². The van der Waals surface area contributed by atoms with Crippen LogP contribution < -0.4 is 9.47 Å². The summed E-state index contributed by atoms with van der Waals surface area (Å²) in [6.07, 6.45) is 2.97. The number of methoxy groups -OCH3 is 2. The quantitative estimate of drug-likeness (QED) is 0.655. The molecule has 5 heteroatoms. The Bertz CT molecular complexity index is 702. The normalized spacial score (nSPS) is 10.6. The maximum Gasteiger partial charge on any atom is 0.203 e. The fraction of sp³-hybridized carbons (Fsp3) is 0.118. The maximum absolute atomic E-state index is 12.1. The molecule has 0 saturated carbocycles. The van der Waals surface area contributed by atoms with Crippen molar-refractivity contribution >= 4 is 11.9 Å².